The second kappa shape index (κ2) is 8.36. The molecule has 1 heterocycles. The molecule has 0 radical (unpaired) electrons. The van der Waals surface area contributed by atoms with Gasteiger partial charge >= 0.3 is 0 Å². The van der Waals surface area contributed by atoms with E-state index in [-0.39, 0.29) is 24.6 Å². The molecule has 0 spiro atoms. The second-order valence-electron chi connectivity index (χ2n) is 6.02. The number of aromatic nitrogens is 2. The molecule has 0 fully saturated rings. The minimum atomic E-state index is -0.0121. The molecule has 23 heavy (non-hydrogen) atoms. The van der Waals surface area contributed by atoms with Crippen molar-refractivity contribution in [3.05, 3.63) is 48.3 Å². The van der Waals surface area contributed by atoms with Crippen molar-refractivity contribution >= 4 is 5.91 Å². The first-order valence-corrected chi connectivity index (χ1v) is 8.05. The molecule has 0 saturated heterocycles. The Labute approximate surface area is 137 Å². The van der Waals surface area contributed by atoms with Crippen LogP contribution in [0, 0.1) is 0 Å². The molecule has 1 aromatic heterocycles. The predicted octanol–water partition coefficient (Wildman–Crippen LogP) is 2.81. The zero-order valence-electron chi connectivity index (χ0n) is 14.0. The van der Waals surface area contributed by atoms with E-state index in [1.807, 2.05) is 39.0 Å². The zero-order valence-corrected chi connectivity index (χ0v) is 14.0. The molecule has 124 valence electrons. The molecule has 0 aliphatic carbocycles. The van der Waals surface area contributed by atoms with Crippen molar-refractivity contribution in [2.75, 3.05) is 0 Å². The van der Waals surface area contributed by atoms with Gasteiger partial charge < -0.3 is 10.1 Å². The van der Waals surface area contributed by atoms with Crippen molar-refractivity contribution in [2.45, 2.75) is 52.3 Å². The lowest BCUT2D eigenvalue weighted by molar-refractivity contribution is -0.122. The number of nitrogens with zero attached hydrogens (tertiary/aromatic N) is 2. The molecule has 5 nitrogen and oxygen atoms in total. The van der Waals surface area contributed by atoms with Gasteiger partial charge in [0.15, 0.2) is 0 Å². The lowest BCUT2D eigenvalue weighted by atomic mass is 10.1. The number of hydrogen-bond acceptors (Lipinski definition) is 3. The number of aryl methyl sites for hydroxylation is 1. The summed E-state index contributed by atoms with van der Waals surface area (Å²) in [6.07, 6.45) is 5.46. The summed E-state index contributed by atoms with van der Waals surface area (Å²) in [6.45, 7) is 6.32. The van der Waals surface area contributed by atoms with Crippen LogP contribution in [0.4, 0.5) is 0 Å². The van der Waals surface area contributed by atoms with Crippen molar-refractivity contribution in [2.24, 2.45) is 0 Å². The third-order valence-corrected chi connectivity index (χ3v) is 3.43. The maximum Gasteiger partial charge on any atom is 0.241 e. The zero-order chi connectivity index (χ0) is 16.7. The highest BCUT2D eigenvalue weighted by atomic mass is 16.5. The summed E-state index contributed by atoms with van der Waals surface area (Å²) in [5.41, 5.74) is 1.24. The molecule has 1 atom stereocenters. The Bertz CT molecular complexity index is 591. The maximum atomic E-state index is 11.9. The average molecular weight is 315 g/mol. The van der Waals surface area contributed by atoms with Gasteiger partial charge in [0.1, 0.15) is 12.3 Å². The number of carbonyl (C=O) groups excluding carboxylic acids is 1. The standard InChI is InChI=1S/C18H25N3O2/c1-14(2)23-17-9-7-16(8-10-17)6-5-15(3)20-18(22)13-21-12-4-11-19-21/h4,7-12,14-15H,5-6,13H2,1-3H3,(H,20,22). The van der Waals surface area contributed by atoms with Gasteiger partial charge in [0.05, 0.1) is 6.10 Å². The topological polar surface area (TPSA) is 56.1 Å². The number of rotatable bonds is 8. The molecule has 5 heteroatoms. The molecule has 2 rings (SSSR count). The smallest absolute Gasteiger partial charge is 0.241 e. The van der Waals surface area contributed by atoms with E-state index in [1.54, 1.807) is 17.1 Å². The van der Waals surface area contributed by atoms with Crippen LogP contribution in [0.15, 0.2) is 42.7 Å². The SMILES string of the molecule is CC(CCc1ccc(OC(C)C)cc1)NC(=O)Cn1cccn1. The van der Waals surface area contributed by atoms with E-state index in [1.165, 1.54) is 5.56 Å². The molecule has 0 aliphatic rings. The minimum absolute atomic E-state index is 0.0121. The van der Waals surface area contributed by atoms with Crippen LogP contribution in [0.25, 0.3) is 0 Å². The van der Waals surface area contributed by atoms with Crippen LogP contribution in [0.1, 0.15) is 32.8 Å². The van der Waals surface area contributed by atoms with Crippen LogP contribution in [0.5, 0.6) is 5.75 Å². The quantitative estimate of drug-likeness (QED) is 0.815. The summed E-state index contributed by atoms with van der Waals surface area (Å²) < 4.78 is 7.25. The highest BCUT2D eigenvalue weighted by Gasteiger charge is 2.08. The number of hydrogen-bond donors (Lipinski definition) is 1. The predicted molar refractivity (Wildman–Crippen MR) is 90.4 cm³/mol. The Morgan fingerprint density at radius 3 is 2.61 bits per heavy atom. The van der Waals surface area contributed by atoms with E-state index in [2.05, 4.69) is 22.5 Å². The summed E-state index contributed by atoms with van der Waals surface area (Å²) in [4.78, 5) is 11.9. The fraction of sp³-hybridized carbons (Fsp3) is 0.444. The molecular formula is C18H25N3O2. The Balaban J connectivity index is 1.73. The summed E-state index contributed by atoms with van der Waals surface area (Å²) in [7, 11) is 0. The van der Waals surface area contributed by atoms with Crippen LogP contribution in [-0.4, -0.2) is 27.8 Å². The van der Waals surface area contributed by atoms with Crippen molar-refractivity contribution in [1.82, 2.24) is 15.1 Å². The van der Waals surface area contributed by atoms with Gasteiger partial charge in [-0.3, -0.25) is 9.48 Å². The first kappa shape index (κ1) is 17.1. The lowest BCUT2D eigenvalue weighted by Crippen LogP contribution is -2.35. The van der Waals surface area contributed by atoms with Crippen molar-refractivity contribution < 1.29 is 9.53 Å². The van der Waals surface area contributed by atoms with E-state index in [0.717, 1.165) is 18.6 Å². The van der Waals surface area contributed by atoms with Gasteiger partial charge in [-0.1, -0.05) is 12.1 Å². The van der Waals surface area contributed by atoms with Gasteiger partial charge in [0, 0.05) is 18.4 Å². The first-order valence-electron chi connectivity index (χ1n) is 8.05. The van der Waals surface area contributed by atoms with Crippen LogP contribution < -0.4 is 10.1 Å². The molecule has 1 aromatic carbocycles. The Morgan fingerprint density at radius 2 is 2.00 bits per heavy atom. The van der Waals surface area contributed by atoms with E-state index in [9.17, 15) is 4.79 Å². The fourth-order valence-electron chi connectivity index (χ4n) is 2.32. The largest absolute Gasteiger partial charge is 0.491 e. The lowest BCUT2D eigenvalue weighted by Gasteiger charge is -2.14. The third-order valence-electron chi connectivity index (χ3n) is 3.43. The number of benzene rings is 1. The van der Waals surface area contributed by atoms with Gasteiger partial charge in [-0.15, -0.1) is 0 Å². The fourth-order valence-corrected chi connectivity index (χ4v) is 2.32. The number of carbonyl (C=O) groups is 1. The van der Waals surface area contributed by atoms with Crippen LogP contribution in [-0.2, 0) is 17.8 Å². The van der Waals surface area contributed by atoms with Crippen molar-refractivity contribution in [3.8, 4) is 5.75 Å². The summed E-state index contributed by atoms with van der Waals surface area (Å²) in [5.74, 6) is 0.881. The molecule has 1 N–H and O–H groups in total. The van der Waals surface area contributed by atoms with Gasteiger partial charge in [0.2, 0.25) is 5.91 Å². The van der Waals surface area contributed by atoms with Gasteiger partial charge in [-0.2, -0.15) is 5.10 Å². The highest BCUT2D eigenvalue weighted by Crippen LogP contribution is 2.15. The highest BCUT2D eigenvalue weighted by molar-refractivity contribution is 5.75. The molecule has 0 aliphatic heterocycles. The maximum absolute atomic E-state index is 11.9. The van der Waals surface area contributed by atoms with Gasteiger partial charge in [0.25, 0.3) is 0 Å². The molecule has 2 aromatic rings. The number of ether oxygens (including phenoxy) is 1. The Morgan fingerprint density at radius 1 is 1.26 bits per heavy atom. The molecule has 0 saturated carbocycles. The minimum Gasteiger partial charge on any atom is -0.491 e. The van der Waals surface area contributed by atoms with Crippen LogP contribution in [0.2, 0.25) is 0 Å². The molecule has 1 unspecified atom stereocenters. The monoisotopic (exact) mass is 315 g/mol. The molecular weight excluding hydrogens is 290 g/mol. The van der Waals surface area contributed by atoms with Crippen molar-refractivity contribution in [1.29, 1.82) is 0 Å². The number of amides is 1. The Kier molecular flexibility index (Phi) is 6.20. The number of nitrogens with one attached hydrogen (secondary N) is 1. The Hall–Kier alpha value is -2.30. The van der Waals surface area contributed by atoms with E-state index >= 15 is 0 Å². The normalized spacial score (nSPS) is 12.2. The van der Waals surface area contributed by atoms with Crippen LogP contribution in [0.3, 0.4) is 0 Å². The summed E-state index contributed by atoms with van der Waals surface area (Å²) in [6, 6.07) is 10.1. The third kappa shape index (κ3) is 6.14. The van der Waals surface area contributed by atoms with Crippen molar-refractivity contribution in [3.63, 3.8) is 0 Å². The van der Waals surface area contributed by atoms with E-state index in [0.29, 0.717) is 0 Å². The first-order chi connectivity index (χ1) is 11.0. The van der Waals surface area contributed by atoms with Gasteiger partial charge in [-0.05, 0) is 57.4 Å². The van der Waals surface area contributed by atoms with Gasteiger partial charge in [-0.25, -0.2) is 0 Å². The molecule has 0 bridgehead atoms. The molecule has 1 amide bonds. The van der Waals surface area contributed by atoms with E-state index in [4.69, 9.17) is 4.74 Å². The second-order valence-corrected chi connectivity index (χ2v) is 6.02. The summed E-state index contributed by atoms with van der Waals surface area (Å²) in [5, 5.41) is 7.03. The van der Waals surface area contributed by atoms with E-state index < -0.39 is 0 Å². The average Bonchev–Trinajstić information content (AvgIpc) is 2.98. The summed E-state index contributed by atoms with van der Waals surface area (Å²) >= 11 is 0. The van der Waals surface area contributed by atoms with Crippen LogP contribution >= 0.6 is 0 Å².